The summed E-state index contributed by atoms with van der Waals surface area (Å²) in [6, 6.07) is 9.26. The molecule has 0 aliphatic heterocycles. The Hall–Kier alpha value is 3.53. The first kappa shape index (κ1) is 38.5. The molecule has 0 saturated heterocycles. The van der Waals surface area contributed by atoms with Gasteiger partial charge in [-0.05, 0) is 48.9 Å². The fourth-order valence-electron chi connectivity index (χ4n) is 8.05. The van der Waals surface area contributed by atoms with Crippen LogP contribution >= 0.6 is 95.6 Å². The molecule has 9 heteroatoms. The molecule has 0 rings (SSSR count). The van der Waals surface area contributed by atoms with Crippen LogP contribution in [0, 0.1) is 0 Å². The monoisotopic (exact) mass is 924 g/mol. The number of hydrogen-bond acceptors (Lipinski definition) is 0. The molecule has 0 bridgehead atoms. The molecule has 0 fully saturated rings. The van der Waals surface area contributed by atoms with E-state index >= 15 is 0 Å². The summed E-state index contributed by atoms with van der Waals surface area (Å²) in [6.45, 7) is 11.0. The Morgan fingerprint density at radius 2 is 0.629 bits per heavy atom. The Balaban J connectivity index is 6.70. The maximum Gasteiger partial charge on any atom is 0.0541 e. The summed E-state index contributed by atoms with van der Waals surface area (Å²) in [5.74, 6) is 0. The normalized spacial score (nSPS) is 14.9. The molecule has 0 aromatic rings. The van der Waals surface area contributed by atoms with Crippen LogP contribution < -0.4 is 0 Å². The number of hydrogen-bond donors (Lipinski definition) is 0. The van der Waals surface area contributed by atoms with Gasteiger partial charge in [-0.25, -0.2) is 0 Å². The number of alkyl halides is 6. The molecule has 0 heterocycles. The van der Waals surface area contributed by atoms with Crippen LogP contribution in [0.4, 0.5) is 0 Å². The molecule has 0 N–H and O–H groups in total. The fourth-order valence-corrected chi connectivity index (χ4v) is 43.0. The highest BCUT2D eigenvalue weighted by Crippen LogP contribution is 2.54. The molecule has 0 aromatic heterocycles. The van der Waals surface area contributed by atoms with E-state index in [4.69, 9.17) is 0 Å². The quantitative estimate of drug-likeness (QED) is 0.0668. The van der Waals surface area contributed by atoms with E-state index in [9.17, 15) is 0 Å². The van der Waals surface area contributed by atoms with Gasteiger partial charge in [-0.2, -0.15) is 0 Å². The van der Waals surface area contributed by atoms with Gasteiger partial charge < -0.3 is 0 Å². The summed E-state index contributed by atoms with van der Waals surface area (Å²) in [5, 5.41) is 9.20. The fraction of sp³-hybridized carbons (Fsp3) is 1.00. The van der Waals surface area contributed by atoms with Crippen LogP contribution in [0.5, 0.6) is 0 Å². The second-order valence-electron chi connectivity index (χ2n) is 11.2. The van der Waals surface area contributed by atoms with Crippen LogP contribution in [0.1, 0.15) is 65.2 Å². The molecule has 0 amide bonds. The van der Waals surface area contributed by atoms with Crippen molar-refractivity contribution < 1.29 is 0 Å². The van der Waals surface area contributed by atoms with Crippen molar-refractivity contribution in [1.82, 2.24) is 0 Å². The smallest absolute Gasteiger partial charge is 0.0541 e. The van der Waals surface area contributed by atoms with Crippen LogP contribution in [-0.2, 0) is 0 Å². The van der Waals surface area contributed by atoms with Crippen molar-refractivity contribution >= 4 is 120 Å². The van der Waals surface area contributed by atoms with E-state index < -0.39 is 24.2 Å². The highest BCUT2D eigenvalue weighted by molar-refractivity contribution is 9.10. The zero-order valence-corrected chi connectivity index (χ0v) is 35.6. The lowest BCUT2D eigenvalue weighted by molar-refractivity contribution is 0.800. The predicted molar refractivity (Wildman–Crippen MR) is 196 cm³/mol. The van der Waals surface area contributed by atoms with Crippen molar-refractivity contribution in [2.24, 2.45) is 0 Å². The summed E-state index contributed by atoms with van der Waals surface area (Å²) in [4.78, 5) is 0. The van der Waals surface area contributed by atoms with Crippen molar-refractivity contribution in [3.63, 3.8) is 0 Å². The topological polar surface area (TPSA) is 0 Å². The van der Waals surface area contributed by atoms with Gasteiger partial charge in [0, 0.05) is 40.1 Å². The lowest BCUT2D eigenvalue weighted by Gasteiger charge is -2.55. The molecule has 35 heavy (non-hydrogen) atoms. The van der Waals surface area contributed by atoms with Gasteiger partial charge in [0.15, 0.2) is 0 Å². The SMILES string of the molecule is CCC([Si](CCCBr)(CCCBr)CCCBr)[Si](C)(C)C(CC)[Si](CCCBr)(CCCBr)CCCBr. The van der Waals surface area contributed by atoms with Gasteiger partial charge in [0.2, 0.25) is 0 Å². The van der Waals surface area contributed by atoms with Crippen LogP contribution in [-0.4, -0.2) is 56.2 Å². The molecular formula is C26H54Br6Si3. The molecule has 2 atom stereocenters. The largest absolute Gasteiger partial charge is 0.0928 e. The van der Waals surface area contributed by atoms with Crippen LogP contribution in [0.2, 0.25) is 59.7 Å². The summed E-state index contributed by atoms with van der Waals surface area (Å²) >= 11 is 23.0. The molecule has 0 saturated carbocycles. The average Bonchev–Trinajstić information content (AvgIpc) is 2.85. The summed E-state index contributed by atoms with van der Waals surface area (Å²) in [6.07, 6.45) is 11.2. The third-order valence-electron chi connectivity index (χ3n) is 8.94. The number of rotatable bonds is 24. The van der Waals surface area contributed by atoms with Crippen molar-refractivity contribution in [3.8, 4) is 0 Å². The minimum absolute atomic E-state index is 1.06. The highest BCUT2D eigenvalue weighted by atomic mass is 79.9. The maximum atomic E-state index is 3.83. The minimum atomic E-state index is -1.50. The molecule has 0 spiro atoms. The van der Waals surface area contributed by atoms with E-state index in [1.165, 1.54) is 83.3 Å². The van der Waals surface area contributed by atoms with Crippen molar-refractivity contribution in [2.45, 2.75) is 125 Å². The lowest BCUT2D eigenvalue weighted by atomic mass is 10.5. The second kappa shape index (κ2) is 22.2. The molecule has 2 unspecified atom stereocenters. The zero-order valence-electron chi connectivity index (χ0n) is 23.1. The van der Waals surface area contributed by atoms with E-state index in [0.29, 0.717) is 0 Å². The predicted octanol–water partition coefficient (Wildman–Crippen LogP) is 12.9. The van der Waals surface area contributed by atoms with Crippen LogP contribution in [0.25, 0.3) is 0 Å². The summed E-state index contributed by atoms with van der Waals surface area (Å²) in [5.41, 5.74) is 0. The third-order valence-corrected chi connectivity index (χ3v) is 36.7. The van der Waals surface area contributed by atoms with Gasteiger partial charge in [0.05, 0.1) is 16.1 Å². The zero-order chi connectivity index (χ0) is 26.8. The Kier molecular flexibility index (Phi) is 24.4. The van der Waals surface area contributed by atoms with E-state index in [1.807, 2.05) is 0 Å². The first-order chi connectivity index (χ1) is 16.7. The lowest BCUT2D eigenvalue weighted by Crippen LogP contribution is -2.59. The first-order valence-electron chi connectivity index (χ1n) is 14.1. The Labute approximate surface area is 273 Å². The third kappa shape index (κ3) is 12.5. The van der Waals surface area contributed by atoms with E-state index in [-0.39, 0.29) is 0 Å². The summed E-state index contributed by atoms with van der Waals surface area (Å²) < 4.78 is 0. The van der Waals surface area contributed by atoms with Gasteiger partial charge in [-0.1, -0.05) is 172 Å². The molecule has 0 aliphatic rings. The first-order valence-corrected chi connectivity index (χ1v) is 29.4. The maximum absolute atomic E-state index is 3.83. The van der Waals surface area contributed by atoms with Gasteiger partial charge in [0.1, 0.15) is 0 Å². The van der Waals surface area contributed by atoms with Gasteiger partial charge in [-0.15, -0.1) is 0 Å². The minimum Gasteiger partial charge on any atom is -0.0928 e. The second-order valence-corrected chi connectivity index (χ2v) is 32.0. The highest BCUT2D eigenvalue weighted by Gasteiger charge is 2.54. The molecule has 0 nitrogen and oxygen atoms in total. The van der Waals surface area contributed by atoms with E-state index in [0.717, 1.165) is 10.3 Å². The van der Waals surface area contributed by atoms with Gasteiger partial charge in [0.25, 0.3) is 0 Å². The molecule has 212 valence electrons. The van der Waals surface area contributed by atoms with Crippen molar-refractivity contribution in [2.75, 3.05) is 32.0 Å². The van der Waals surface area contributed by atoms with Crippen LogP contribution in [0.3, 0.4) is 0 Å². The van der Waals surface area contributed by atoms with E-state index in [1.54, 1.807) is 36.3 Å². The van der Waals surface area contributed by atoms with Gasteiger partial charge >= 0.3 is 0 Å². The Bertz CT molecular complexity index is 424. The van der Waals surface area contributed by atoms with Gasteiger partial charge in [-0.3, -0.25) is 0 Å². The molecular weight excluding hydrogens is 876 g/mol. The molecule has 0 radical (unpaired) electrons. The number of halogens is 6. The molecule has 0 aliphatic carbocycles. The Morgan fingerprint density at radius 1 is 0.429 bits per heavy atom. The average molecular weight is 930 g/mol. The standard InChI is InChI=1S/C26H54Br6Si3/c1-5-25(34(19-7-13-27,20-8-14-28)21-9-15-29)33(3,4)26(6-2)35(22-10-16-30,23-11-17-31)24-12-18-32/h25-26H,5-24H2,1-4H3. The molecule has 0 aromatic carbocycles. The van der Waals surface area contributed by atoms with Crippen molar-refractivity contribution in [3.05, 3.63) is 0 Å². The Morgan fingerprint density at radius 3 is 0.771 bits per heavy atom. The van der Waals surface area contributed by atoms with Crippen molar-refractivity contribution in [1.29, 1.82) is 0 Å². The van der Waals surface area contributed by atoms with E-state index in [2.05, 4.69) is 123 Å². The summed E-state index contributed by atoms with van der Waals surface area (Å²) in [7, 11) is -4.32. The van der Waals surface area contributed by atoms with Crippen LogP contribution in [0.15, 0.2) is 0 Å².